The van der Waals surface area contributed by atoms with Gasteiger partial charge in [0.1, 0.15) is 23.3 Å². The maximum absolute atomic E-state index is 13.4. The first kappa shape index (κ1) is 24.9. The predicted molar refractivity (Wildman–Crippen MR) is 123 cm³/mol. The molecule has 0 saturated heterocycles. The Morgan fingerprint density at radius 2 is 1.85 bits per heavy atom. The van der Waals surface area contributed by atoms with Gasteiger partial charge in [-0.05, 0) is 40.5 Å². The molecule has 13 heteroatoms. The van der Waals surface area contributed by atoms with Gasteiger partial charge in [0.25, 0.3) is 0 Å². The maximum atomic E-state index is 13.4. The highest BCUT2D eigenvalue weighted by molar-refractivity contribution is 7.89. The molecular formula is C20H22Cl2N4O6S. The van der Waals surface area contributed by atoms with Crippen molar-refractivity contribution in [3.05, 3.63) is 57.6 Å². The van der Waals surface area contributed by atoms with E-state index in [1.807, 2.05) is 0 Å². The number of hydrogen-bond acceptors (Lipinski definition) is 6. The summed E-state index contributed by atoms with van der Waals surface area (Å²) in [6.07, 6.45) is 0.485. The van der Waals surface area contributed by atoms with Crippen LogP contribution in [0.5, 0.6) is 5.75 Å². The third-order valence-electron chi connectivity index (χ3n) is 4.85. The normalized spacial score (nSPS) is 16.0. The molecule has 0 aliphatic carbocycles. The molecule has 2 aromatic carbocycles. The summed E-state index contributed by atoms with van der Waals surface area (Å²) in [4.78, 5) is 16.5. The number of fused-ring (bicyclic) bond motifs is 1. The van der Waals surface area contributed by atoms with Crippen LogP contribution in [0.25, 0.3) is 0 Å². The number of ether oxygens (including phenoxy) is 1. The van der Waals surface area contributed by atoms with Gasteiger partial charge in [-0.3, -0.25) is 4.79 Å². The van der Waals surface area contributed by atoms with E-state index in [0.717, 1.165) is 4.31 Å². The monoisotopic (exact) mass is 516 g/mol. The molecule has 0 unspecified atom stereocenters. The summed E-state index contributed by atoms with van der Waals surface area (Å²) in [7, 11) is -4.31. The number of nitrogens with zero attached hydrogens (tertiary/aromatic N) is 2. The fourth-order valence-corrected chi connectivity index (χ4v) is 6.02. The number of carboxylic acids is 1. The van der Waals surface area contributed by atoms with Crippen molar-refractivity contribution in [2.24, 2.45) is 16.6 Å². The standard InChI is InChI=1S/C20H22Cl2N4O6S/c21-15-3-1-4-16(22)18(15)33(29,30)26-11-13-9-14(31-7-2-8-32-25-20(23)24)6-5-12(13)10-17(26)19(27)28/h1,3-6,9,17H,2,7-8,10-11H2,(H,27,28)(H4,23,24,25)/t17-/m0/s1. The molecule has 178 valence electrons. The lowest BCUT2D eigenvalue weighted by Crippen LogP contribution is -2.48. The molecule has 5 N–H and O–H groups in total. The van der Waals surface area contributed by atoms with Crippen molar-refractivity contribution in [3.63, 3.8) is 0 Å². The van der Waals surface area contributed by atoms with Gasteiger partial charge >= 0.3 is 5.97 Å². The minimum absolute atomic E-state index is 0.0153. The Bertz CT molecular complexity index is 1150. The smallest absolute Gasteiger partial charge is 0.322 e. The summed E-state index contributed by atoms with van der Waals surface area (Å²) in [6.45, 7) is 0.364. The summed E-state index contributed by atoms with van der Waals surface area (Å²) < 4.78 is 33.3. The molecule has 0 amide bonds. The van der Waals surface area contributed by atoms with Crippen LogP contribution in [0, 0.1) is 0 Å². The summed E-state index contributed by atoms with van der Waals surface area (Å²) in [5.41, 5.74) is 11.6. The van der Waals surface area contributed by atoms with Crippen molar-refractivity contribution in [2.45, 2.75) is 30.3 Å². The van der Waals surface area contributed by atoms with E-state index < -0.39 is 22.0 Å². The number of aliphatic carboxylic acids is 1. The lowest BCUT2D eigenvalue weighted by molar-refractivity contribution is -0.141. The highest BCUT2D eigenvalue weighted by atomic mass is 35.5. The van der Waals surface area contributed by atoms with E-state index in [2.05, 4.69) is 5.16 Å². The van der Waals surface area contributed by atoms with Gasteiger partial charge in [0.15, 0.2) is 0 Å². The Labute approximate surface area is 200 Å². The van der Waals surface area contributed by atoms with Gasteiger partial charge < -0.3 is 26.1 Å². The van der Waals surface area contributed by atoms with Crippen molar-refractivity contribution < 1.29 is 27.9 Å². The molecule has 0 fully saturated rings. The molecule has 0 aromatic heterocycles. The predicted octanol–water partition coefficient (Wildman–Crippen LogP) is 2.17. The Morgan fingerprint density at radius 3 is 2.48 bits per heavy atom. The largest absolute Gasteiger partial charge is 0.493 e. The van der Waals surface area contributed by atoms with Crippen LogP contribution in [0.3, 0.4) is 0 Å². The Hall–Kier alpha value is -2.73. The molecule has 0 bridgehead atoms. The number of carboxylic acid groups (broad SMARTS) is 1. The van der Waals surface area contributed by atoms with Crippen LogP contribution in [0.2, 0.25) is 10.0 Å². The Balaban J connectivity index is 1.82. The number of guanidine groups is 1. The van der Waals surface area contributed by atoms with Crippen LogP contribution in [0.4, 0.5) is 0 Å². The van der Waals surface area contributed by atoms with Gasteiger partial charge in [0, 0.05) is 19.4 Å². The third-order valence-corrected chi connectivity index (χ3v) is 7.66. The fraction of sp³-hybridized carbons (Fsp3) is 0.300. The Kier molecular flexibility index (Phi) is 7.90. The van der Waals surface area contributed by atoms with Gasteiger partial charge in [-0.15, -0.1) is 0 Å². The Morgan fingerprint density at radius 1 is 1.15 bits per heavy atom. The minimum atomic E-state index is -4.31. The van der Waals surface area contributed by atoms with E-state index in [0.29, 0.717) is 29.9 Å². The van der Waals surface area contributed by atoms with E-state index in [1.165, 1.54) is 18.2 Å². The van der Waals surface area contributed by atoms with Gasteiger partial charge in [-0.25, -0.2) is 8.42 Å². The fourth-order valence-electron chi connectivity index (χ4n) is 3.37. The zero-order valence-electron chi connectivity index (χ0n) is 17.3. The van der Waals surface area contributed by atoms with E-state index in [1.54, 1.807) is 18.2 Å². The molecule has 1 aliphatic heterocycles. The van der Waals surface area contributed by atoms with Gasteiger partial charge in [-0.1, -0.05) is 35.3 Å². The topological polar surface area (TPSA) is 158 Å². The van der Waals surface area contributed by atoms with Crippen LogP contribution < -0.4 is 16.2 Å². The van der Waals surface area contributed by atoms with Crippen LogP contribution in [-0.2, 0) is 32.6 Å². The first-order valence-electron chi connectivity index (χ1n) is 9.75. The van der Waals surface area contributed by atoms with Crippen LogP contribution in [0.15, 0.2) is 46.4 Å². The zero-order chi connectivity index (χ0) is 24.2. The molecular weight excluding hydrogens is 495 g/mol. The molecule has 33 heavy (non-hydrogen) atoms. The molecule has 2 aromatic rings. The van der Waals surface area contributed by atoms with Crippen LogP contribution in [0.1, 0.15) is 17.5 Å². The van der Waals surface area contributed by atoms with Gasteiger partial charge in [0.2, 0.25) is 16.0 Å². The number of rotatable bonds is 9. The lowest BCUT2D eigenvalue weighted by Gasteiger charge is -2.34. The molecule has 1 aliphatic rings. The second kappa shape index (κ2) is 10.5. The summed E-state index contributed by atoms with van der Waals surface area (Å²) in [6, 6.07) is 8.08. The van der Waals surface area contributed by atoms with Crippen molar-refractivity contribution in [2.75, 3.05) is 13.2 Å². The zero-order valence-corrected chi connectivity index (χ0v) is 19.6. The average Bonchev–Trinajstić information content (AvgIpc) is 2.74. The number of nitrogens with two attached hydrogens (primary N) is 2. The molecule has 1 heterocycles. The second-order valence-electron chi connectivity index (χ2n) is 7.14. The van der Waals surface area contributed by atoms with E-state index in [9.17, 15) is 18.3 Å². The van der Waals surface area contributed by atoms with Crippen molar-refractivity contribution in [1.29, 1.82) is 0 Å². The first-order valence-corrected chi connectivity index (χ1v) is 11.9. The number of oxime groups is 1. The van der Waals surface area contributed by atoms with Crippen molar-refractivity contribution >= 4 is 45.2 Å². The molecule has 1 atom stereocenters. The summed E-state index contributed by atoms with van der Waals surface area (Å²) >= 11 is 12.2. The quantitative estimate of drug-likeness (QED) is 0.198. The molecule has 10 nitrogen and oxygen atoms in total. The molecule has 0 saturated carbocycles. The average molecular weight is 517 g/mol. The minimum Gasteiger partial charge on any atom is -0.493 e. The maximum Gasteiger partial charge on any atom is 0.322 e. The molecule has 0 spiro atoms. The van der Waals surface area contributed by atoms with E-state index in [4.69, 9.17) is 44.2 Å². The van der Waals surface area contributed by atoms with Gasteiger partial charge in [0.05, 0.1) is 16.7 Å². The number of benzene rings is 2. The van der Waals surface area contributed by atoms with Crippen LogP contribution >= 0.6 is 23.2 Å². The molecule has 0 radical (unpaired) electrons. The van der Waals surface area contributed by atoms with Crippen molar-refractivity contribution in [3.8, 4) is 5.75 Å². The molecule has 3 rings (SSSR count). The highest BCUT2D eigenvalue weighted by Gasteiger charge is 2.41. The van der Waals surface area contributed by atoms with E-state index in [-0.39, 0.29) is 40.5 Å². The SMILES string of the molecule is NC(N)=NOCCCOc1ccc2c(c1)CN(S(=O)(=O)c1c(Cl)cccc1Cl)[C@H](C(=O)O)C2. The number of sulfonamides is 1. The van der Waals surface area contributed by atoms with Crippen LogP contribution in [-0.4, -0.2) is 49.0 Å². The van der Waals surface area contributed by atoms with Crippen molar-refractivity contribution in [1.82, 2.24) is 4.31 Å². The third kappa shape index (κ3) is 5.80. The lowest BCUT2D eigenvalue weighted by atomic mass is 9.95. The summed E-state index contributed by atoms with van der Waals surface area (Å²) in [5.74, 6) is -0.950. The van der Waals surface area contributed by atoms with Gasteiger partial charge in [-0.2, -0.15) is 4.31 Å². The number of carbonyl (C=O) groups is 1. The first-order chi connectivity index (χ1) is 15.6. The number of hydrogen-bond donors (Lipinski definition) is 3. The number of halogens is 2. The van der Waals surface area contributed by atoms with E-state index >= 15 is 0 Å². The summed E-state index contributed by atoms with van der Waals surface area (Å²) in [5, 5.41) is 13.0. The second-order valence-corrected chi connectivity index (χ2v) is 9.78. The highest BCUT2D eigenvalue weighted by Crippen LogP contribution is 2.36.